The number of anilines is 1. The fraction of sp³-hybridized carbons (Fsp3) is 0.192. The number of thioether (sulfide) groups is 1. The van der Waals surface area contributed by atoms with E-state index in [4.69, 9.17) is 9.47 Å². The zero-order chi connectivity index (χ0) is 24.1. The topological polar surface area (TPSA) is 84.9 Å². The van der Waals surface area contributed by atoms with Gasteiger partial charge in [0.05, 0.1) is 18.6 Å². The third-order valence-electron chi connectivity index (χ3n) is 5.19. The van der Waals surface area contributed by atoms with Crippen LogP contribution in [0, 0.1) is 0 Å². The van der Waals surface area contributed by atoms with Crippen LogP contribution in [0.1, 0.15) is 18.9 Å². The number of imide groups is 1. The lowest BCUT2D eigenvalue weighted by Gasteiger charge is -2.13. The molecule has 0 aromatic heterocycles. The van der Waals surface area contributed by atoms with E-state index in [0.29, 0.717) is 29.4 Å². The SMILES string of the molecule is CCCOc1ccc(/C=C2\SC(=O)N(CC(=O)Nc3cccc4ccccc34)C2=O)cc1OC. The van der Waals surface area contributed by atoms with Crippen LogP contribution < -0.4 is 14.8 Å². The molecule has 0 spiro atoms. The number of nitrogens with zero attached hydrogens (tertiary/aromatic N) is 1. The number of nitrogens with one attached hydrogen (secondary N) is 1. The molecule has 1 heterocycles. The van der Waals surface area contributed by atoms with Gasteiger partial charge in [0, 0.05) is 11.1 Å². The summed E-state index contributed by atoms with van der Waals surface area (Å²) in [4.78, 5) is 39.2. The number of ether oxygens (including phenoxy) is 2. The van der Waals surface area contributed by atoms with Crippen molar-refractivity contribution in [2.24, 2.45) is 0 Å². The van der Waals surface area contributed by atoms with Crippen molar-refractivity contribution in [3.63, 3.8) is 0 Å². The van der Waals surface area contributed by atoms with E-state index in [1.807, 2.05) is 43.3 Å². The average molecular weight is 477 g/mol. The predicted molar refractivity (Wildman–Crippen MR) is 134 cm³/mol. The van der Waals surface area contributed by atoms with E-state index in [9.17, 15) is 14.4 Å². The van der Waals surface area contributed by atoms with Gasteiger partial charge in [-0.3, -0.25) is 19.3 Å². The van der Waals surface area contributed by atoms with E-state index in [-0.39, 0.29) is 11.4 Å². The molecule has 0 atom stereocenters. The minimum atomic E-state index is -0.506. The summed E-state index contributed by atoms with van der Waals surface area (Å²) in [5, 5.41) is 4.19. The summed E-state index contributed by atoms with van der Waals surface area (Å²) < 4.78 is 11.0. The van der Waals surface area contributed by atoms with Crippen LogP contribution in [0.2, 0.25) is 0 Å². The smallest absolute Gasteiger partial charge is 0.294 e. The van der Waals surface area contributed by atoms with Crippen LogP contribution in [0.5, 0.6) is 11.5 Å². The lowest BCUT2D eigenvalue weighted by atomic mass is 10.1. The number of rotatable bonds is 8. The molecule has 1 N–H and O–H groups in total. The molecule has 7 nitrogen and oxygen atoms in total. The fourth-order valence-corrected chi connectivity index (χ4v) is 4.40. The lowest BCUT2D eigenvalue weighted by molar-refractivity contribution is -0.127. The van der Waals surface area contributed by atoms with Gasteiger partial charge < -0.3 is 14.8 Å². The summed E-state index contributed by atoms with van der Waals surface area (Å²) >= 11 is 0.805. The molecule has 1 aliphatic rings. The number of hydrogen-bond donors (Lipinski definition) is 1. The molecule has 1 saturated heterocycles. The Hall–Kier alpha value is -3.78. The van der Waals surface area contributed by atoms with Gasteiger partial charge in [0.25, 0.3) is 11.1 Å². The van der Waals surface area contributed by atoms with Gasteiger partial charge in [-0.2, -0.15) is 0 Å². The first-order valence-corrected chi connectivity index (χ1v) is 11.7. The summed E-state index contributed by atoms with van der Waals surface area (Å²) in [5.74, 6) is 0.197. The molecule has 1 aliphatic heterocycles. The summed E-state index contributed by atoms with van der Waals surface area (Å²) in [7, 11) is 1.54. The van der Waals surface area contributed by atoms with E-state index < -0.39 is 17.1 Å². The zero-order valence-electron chi connectivity index (χ0n) is 18.9. The minimum absolute atomic E-state index is 0.243. The van der Waals surface area contributed by atoms with Crippen LogP contribution in [-0.2, 0) is 9.59 Å². The predicted octanol–water partition coefficient (Wildman–Crippen LogP) is 5.31. The molecule has 0 unspecified atom stereocenters. The van der Waals surface area contributed by atoms with Crippen molar-refractivity contribution in [1.82, 2.24) is 4.90 Å². The quantitative estimate of drug-likeness (QED) is 0.444. The van der Waals surface area contributed by atoms with Crippen LogP contribution in [0.4, 0.5) is 10.5 Å². The first kappa shape index (κ1) is 23.4. The van der Waals surface area contributed by atoms with Crippen molar-refractivity contribution in [1.29, 1.82) is 0 Å². The van der Waals surface area contributed by atoms with Crippen molar-refractivity contribution < 1.29 is 23.9 Å². The van der Waals surface area contributed by atoms with Crippen molar-refractivity contribution in [2.75, 3.05) is 25.6 Å². The molecule has 34 heavy (non-hydrogen) atoms. The first-order valence-electron chi connectivity index (χ1n) is 10.8. The number of fused-ring (bicyclic) bond motifs is 1. The highest BCUT2D eigenvalue weighted by atomic mass is 32.2. The number of hydrogen-bond acceptors (Lipinski definition) is 6. The van der Waals surface area contributed by atoms with E-state index in [1.165, 1.54) is 0 Å². The van der Waals surface area contributed by atoms with Crippen LogP contribution in [0.25, 0.3) is 16.8 Å². The second-order valence-corrected chi connectivity index (χ2v) is 8.59. The van der Waals surface area contributed by atoms with Crippen molar-refractivity contribution >= 4 is 51.4 Å². The van der Waals surface area contributed by atoms with Crippen molar-refractivity contribution in [2.45, 2.75) is 13.3 Å². The number of amides is 3. The second kappa shape index (κ2) is 10.4. The Morgan fingerprint density at radius 1 is 1.06 bits per heavy atom. The maximum absolute atomic E-state index is 12.9. The summed E-state index contributed by atoms with van der Waals surface area (Å²) in [6.45, 7) is 2.22. The first-order chi connectivity index (χ1) is 16.5. The molecular formula is C26H24N2O5S. The highest BCUT2D eigenvalue weighted by molar-refractivity contribution is 8.18. The Morgan fingerprint density at radius 2 is 1.85 bits per heavy atom. The van der Waals surface area contributed by atoms with Gasteiger partial charge in [0.2, 0.25) is 5.91 Å². The Labute approximate surface area is 201 Å². The Balaban J connectivity index is 1.47. The fourth-order valence-electron chi connectivity index (χ4n) is 3.56. The van der Waals surface area contributed by atoms with Gasteiger partial charge in [0.15, 0.2) is 11.5 Å². The van der Waals surface area contributed by atoms with Crippen molar-refractivity contribution in [3.8, 4) is 11.5 Å². The highest BCUT2D eigenvalue weighted by Gasteiger charge is 2.36. The molecule has 174 valence electrons. The van der Waals surface area contributed by atoms with Crippen LogP contribution in [0.15, 0.2) is 65.6 Å². The molecular weight excluding hydrogens is 452 g/mol. The van der Waals surface area contributed by atoms with Gasteiger partial charge in [0.1, 0.15) is 6.54 Å². The average Bonchev–Trinajstić information content (AvgIpc) is 3.10. The molecule has 0 radical (unpaired) electrons. The standard InChI is InChI=1S/C26H24N2O5S/c1-3-13-33-21-12-11-17(14-22(21)32-2)15-23-25(30)28(26(31)34-23)16-24(29)27-20-10-6-8-18-7-4-5-9-19(18)20/h4-12,14-15H,3,13,16H2,1-2H3,(H,27,29)/b23-15-. The maximum atomic E-state index is 12.9. The Morgan fingerprint density at radius 3 is 2.65 bits per heavy atom. The molecule has 3 aromatic carbocycles. The number of benzene rings is 3. The zero-order valence-corrected chi connectivity index (χ0v) is 19.7. The maximum Gasteiger partial charge on any atom is 0.294 e. The van der Waals surface area contributed by atoms with Gasteiger partial charge in [-0.25, -0.2) is 0 Å². The van der Waals surface area contributed by atoms with Crippen LogP contribution >= 0.6 is 11.8 Å². The van der Waals surface area contributed by atoms with Gasteiger partial charge in [-0.05, 0) is 53.4 Å². The molecule has 1 fully saturated rings. The molecule has 0 aliphatic carbocycles. The number of carbonyl (C=O) groups excluding carboxylic acids is 3. The summed E-state index contributed by atoms with van der Waals surface area (Å²) in [6, 6.07) is 18.5. The lowest BCUT2D eigenvalue weighted by Crippen LogP contribution is -2.36. The largest absolute Gasteiger partial charge is 0.493 e. The Bertz CT molecular complexity index is 1280. The molecule has 0 bridgehead atoms. The number of methoxy groups -OCH3 is 1. The van der Waals surface area contributed by atoms with Gasteiger partial charge in [-0.1, -0.05) is 49.4 Å². The molecule has 8 heteroatoms. The Kier molecular flexibility index (Phi) is 7.18. The van der Waals surface area contributed by atoms with E-state index in [2.05, 4.69) is 5.32 Å². The second-order valence-electron chi connectivity index (χ2n) is 7.60. The normalized spacial score (nSPS) is 14.6. The molecule has 3 amide bonds. The molecule has 0 saturated carbocycles. The summed E-state index contributed by atoms with van der Waals surface area (Å²) in [5.41, 5.74) is 1.31. The van der Waals surface area contributed by atoms with E-state index >= 15 is 0 Å². The van der Waals surface area contributed by atoms with Gasteiger partial charge in [-0.15, -0.1) is 0 Å². The third kappa shape index (κ3) is 5.07. The monoisotopic (exact) mass is 476 g/mol. The highest BCUT2D eigenvalue weighted by Crippen LogP contribution is 2.34. The van der Waals surface area contributed by atoms with Crippen LogP contribution in [-0.4, -0.2) is 42.2 Å². The van der Waals surface area contributed by atoms with Crippen LogP contribution in [0.3, 0.4) is 0 Å². The van der Waals surface area contributed by atoms with E-state index in [0.717, 1.165) is 33.9 Å². The van der Waals surface area contributed by atoms with E-state index in [1.54, 1.807) is 37.5 Å². The molecule has 4 rings (SSSR count). The number of carbonyl (C=O) groups is 3. The van der Waals surface area contributed by atoms with Crippen molar-refractivity contribution in [3.05, 3.63) is 71.1 Å². The van der Waals surface area contributed by atoms with Gasteiger partial charge >= 0.3 is 0 Å². The third-order valence-corrected chi connectivity index (χ3v) is 6.09. The minimum Gasteiger partial charge on any atom is -0.493 e. The summed E-state index contributed by atoms with van der Waals surface area (Å²) in [6.07, 6.45) is 2.48. The molecule has 3 aromatic rings.